The summed E-state index contributed by atoms with van der Waals surface area (Å²) < 4.78 is 27.0. The van der Waals surface area contributed by atoms with Gasteiger partial charge in [0, 0.05) is 12.7 Å². The van der Waals surface area contributed by atoms with Crippen LogP contribution in [0.3, 0.4) is 0 Å². The van der Waals surface area contributed by atoms with Gasteiger partial charge in [0.15, 0.2) is 33.0 Å². The molecule has 0 saturated heterocycles. The predicted octanol–water partition coefficient (Wildman–Crippen LogP) is -3.78. The fourth-order valence-corrected chi connectivity index (χ4v) is 3.19. The number of rotatable bonds is 15. The number of hydrogen-bond donors (Lipinski definition) is 14. The number of ether oxygens (including phenoxy) is 6. The zero-order valence-corrected chi connectivity index (χ0v) is 35.3. The van der Waals surface area contributed by atoms with Crippen LogP contribution >= 0.6 is 0 Å². The van der Waals surface area contributed by atoms with Crippen molar-refractivity contribution in [2.75, 3.05) is 94.3 Å². The molecule has 0 amide bonds. The van der Waals surface area contributed by atoms with Gasteiger partial charge in [-0.1, -0.05) is 12.1 Å². The fourth-order valence-electron chi connectivity index (χ4n) is 3.19. The van der Waals surface area contributed by atoms with Crippen LogP contribution in [0.5, 0.6) is 0 Å². The van der Waals surface area contributed by atoms with Gasteiger partial charge in [0.1, 0.15) is 27.0 Å². The molecule has 0 saturated carbocycles. The SMILES string of the molecule is COCCOC(=O)c1ccc(C(C)=O)cc1.O=C(OCO)c1ccc(C(=O)OCO)cc1.O=C(OCO)c1ccc(C(=O)OCO)cc1.OCCO.OCCO.OCO.OCO.OCO. The topological polar surface area (TPSA) is 441 Å². The summed E-state index contributed by atoms with van der Waals surface area (Å²) in [5, 5.41) is 107. The molecule has 370 valence electrons. The molecule has 26 nitrogen and oxygen atoms in total. The maximum atomic E-state index is 11.4. The van der Waals surface area contributed by atoms with Crippen molar-refractivity contribution in [1.29, 1.82) is 0 Å². The van der Waals surface area contributed by atoms with E-state index in [1.54, 1.807) is 24.3 Å². The van der Waals surface area contributed by atoms with Crippen molar-refractivity contribution in [2.24, 2.45) is 0 Å². The second-order valence-corrected chi connectivity index (χ2v) is 9.98. The molecule has 0 aliphatic heterocycles. The fraction of sp³-hybridized carbons (Fsp3) is 0.385. The molecule has 3 aromatic rings. The highest BCUT2D eigenvalue weighted by Gasteiger charge is 2.12. The lowest BCUT2D eigenvalue weighted by Gasteiger charge is -2.04. The minimum Gasteiger partial charge on any atom is -0.460 e. The summed E-state index contributed by atoms with van der Waals surface area (Å²) >= 11 is 0. The van der Waals surface area contributed by atoms with E-state index in [4.69, 9.17) is 81.0 Å². The number of carbonyl (C=O) groups is 6. The van der Waals surface area contributed by atoms with Crippen LogP contribution in [0.25, 0.3) is 0 Å². The number of methoxy groups -OCH3 is 1. The third-order valence-electron chi connectivity index (χ3n) is 5.74. The second-order valence-electron chi connectivity index (χ2n) is 9.98. The molecular weight excluding hydrogens is 884 g/mol. The summed E-state index contributed by atoms with van der Waals surface area (Å²) in [6.07, 6.45) is 0. The first kappa shape index (κ1) is 68.1. The minimum atomic E-state index is -0.750. The summed E-state index contributed by atoms with van der Waals surface area (Å²) in [4.78, 5) is 66.9. The van der Waals surface area contributed by atoms with Crippen LogP contribution < -0.4 is 0 Å². The normalized spacial score (nSPS) is 8.92. The molecule has 14 N–H and O–H groups in total. The number of Topliss-reactive ketones (excluding diaryl/α,β-unsaturated/α-hetero) is 1. The quantitative estimate of drug-likeness (QED) is 0.0229. The molecule has 0 aromatic heterocycles. The largest absolute Gasteiger partial charge is 0.460 e. The van der Waals surface area contributed by atoms with Gasteiger partial charge in [-0.05, 0) is 67.6 Å². The van der Waals surface area contributed by atoms with Gasteiger partial charge in [-0.25, -0.2) is 24.0 Å². The van der Waals surface area contributed by atoms with Crippen LogP contribution in [0.4, 0.5) is 0 Å². The third-order valence-corrected chi connectivity index (χ3v) is 5.74. The molecule has 0 aliphatic carbocycles. The molecule has 0 spiro atoms. The van der Waals surface area contributed by atoms with Crippen molar-refractivity contribution >= 4 is 35.6 Å². The van der Waals surface area contributed by atoms with E-state index >= 15 is 0 Å². The standard InChI is InChI=1S/C12H14O4.2C10H10O6.2C2H6O2.3CH4O2/c1-9(13)10-3-5-11(6-4-10)12(14)16-8-7-15-2;2*11-5-15-9(13)7-1-2-8(4-3-7)10(14)16-6-12;2*3-1-2-4;3*2-1-3/h3-6H,7-8H2,1-2H3;2*1-4,11-12H,5-6H2;2*3-4H,1-2H2;3*2-3H,1H2. The Balaban J connectivity index is -0.000000235. The highest BCUT2D eigenvalue weighted by atomic mass is 16.6. The van der Waals surface area contributed by atoms with Gasteiger partial charge in [0.05, 0.1) is 60.9 Å². The van der Waals surface area contributed by atoms with Gasteiger partial charge in [-0.15, -0.1) is 0 Å². The average Bonchev–Trinajstić information content (AvgIpc) is 3.31. The monoisotopic (exact) mass is 942 g/mol. The van der Waals surface area contributed by atoms with Crippen LogP contribution in [0.2, 0.25) is 0 Å². The van der Waals surface area contributed by atoms with E-state index in [0.29, 0.717) is 17.7 Å². The van der Waals surface area contributed by atoms with E-state index in [0.717, 1.165) is 0 Å². The van der Waals surface area contributed by atoms with E-state index in [9.17, 15) is 28.8 Å². The molecule has 0 unspecified atom stereocenters. The van der Waals surface area contributed by atoms with Crippen molar-refractivity contribution in [3.05, 3.63) is 106 Å². The van der Waals surface area contributed by atoms with E-state index in [1.807, 2.05) is 0 Å². The molecule has 65 heavy (non-hydrogen) atoms. The Morgan fingerprint density at radius 1 is 0.338 bits per heavy atom. The molecule has 0 heterocycles. The van der Waals surface area contributed by atoms with Crippen LogP contribution in [0, 0.1) is 0 Å². The molecule has 0 radical (unpaired) electrons. The Kier molecular flexibility index (Phi) is 53.2. The summed E-state index contributed by atoms with van der Waals surface area (Å²) in [7, 11) is 1.54. The Labute approximate surface area is 371 Å². The van der Waals surface area contributed by atoms with Gasteiger partial charge >= 0.3 is 29.8 Å². The molecule has 0 bridgehead atoms. The number of benzene rings is 3. The zero-order valence-electron chi connectivity index (χ0n) is 35.3. The lowest BCUT2D eigenvalue weighted by Crippen LogP contribution is -2.10. The smallest absolute Gasteiger partial charge is 0.340 e. The average molecular weight is 943 g/mol. The Bertz CT molecular complexity index is 1440. The van der Waals surface area contributed by atoms with Crippen LogP contribution in [-0.4, -0.2) is 201 Å². The number of aliphatic hydroxyl groups excluding tert-OH is 11. The van der Waals surface area contributed by atoms with E-state index in [1.165, 1.54) is 62.6 Å². The van der Waals surface area contributed by atoms with Gasteiger partial charge in [-0.2, -0.15) is 0 Å². The predicted molar refractivity (Wildman–Crippen MR) is 218 cm³/mol. The summed E-state index contributed by atoms with van der Waals surface area (Å²) in [5.41, 5.74) is 1.82. The van der Waals surface area contributed by atoms with E-state index in [-0.39, 0.29) is 61.1 Å². The van der Waals surface area contributed by atoms with Crippen molar-refractivity contribution in [3.8, 4) is 0 Å². The molecule has 3 rings (SSSR count). The summed E-state index contributed by atoms with van der Waals surface area (Å²) in [6.45, 7) is -3.48. The summed E-state index contributed by atoms with van der Waals surface area (Å²) in [6, 6.07) is 17.2. The number of carbonyl (C=O) groups excluding carboxylic acids is 6. The molecule has 26 heteroatoms. The van der Waals surface area contributed by atoms with Gasteiger partial charge in [-0.3, -0.25) is 4.79 Å². The van der Waals surface area contributed by atoms with E-state index in [2.05, 4.69) is 18.9 Å². The van der Waals surface area contributed by atoms with Crippen LogP contribution in [-0.2, 0) is 28.4 Å². The van der Waals surface area contributed by atoms with Crippen molar-refractivity contribution in [3.63, 3.8) is 0 Å². The van der Waals surface area contributed by atoms with Crippen LogP contribution in [0.15, 0.2) is 72.8 Å². The van der Waals surface area contributed by atoms with Gasteiger partial charge in [0.25, 0.3) is 0 Å². The number of ketones is 1. The highest BCUT2D eigenvalue weighted by Crippen LogP contribution is 2.09. The van der Waals surface area contributed by atoms with Crippen molar-refractivity contribution in [2.45, 2.75) is 6.92 Å². The first-order chi connectivity index (χ1) is 31.1. The minimum absolute atomic E-state index is 0.0284. The van der Waals surface area contributed by atoms with E-state index < -0.39 is 77.4 Å². The highest BCUT2D eigenvalue weighted by molar-refractivity contribution is 5.96. The molecular formula is C39H58O26. The molecule has 3 aromatic carbocycles. The lowest BCUT2D eigenvalue weighted by atomic mass is 10.1. The van der Waals surface area contributed by atoms with Gasteiger partial charge in [0.2, 0.25) is 0 Å². The van der Waals surface area contributed by atoms with Crippen molar-refractivity contribution < 1.29 is 129 Å². The number of aliphatic hydroxyl groups is 14. The zero-order chi connectivity index (χ0) is 50.8. The van der Waals surface area contributed by atoms with Crippen LogP contribution in [0.1, 0.15) is 69.1 Å². The maximum absolute atomic E-state index is 11.4. The van der Waals surface area contributed by atoms with Crippen molar-refractivity contribution in [1.82, 2.24) is 0 Å². The molecule has 0 aliphatic rings. The second kappa shape index (κ2) is 50.7. The Morgan fingerprint density at radius 3 is 0.677 bits per heavy atom. The number of esters is 5. The molecule has 0 atom stereocenters. The first-order valence-corrected chi connectivity index (χ1v) is 17.8. The Morgan fingerprint density at radius 2 is 0.523 bits per heavy atom. The first-order valence-electron chi connectivity index (χ1n) is 17.8. The summed E-state index contributed by atoms with van der Waals surface area (Å²) in [5.74, 6) is -3.20. The third kappa shape index (κ3) is 40.6. The van der Waals surface area contributed by atoms with Gasteiger partial charge < -0.3 is 99.9 Å². The lowest BCUT2D eigenvalue weighted by molar-refractivity contribution is 0.00523. The molecule has 0 fully saturated rings. The number of hydrogen-bond acceptors (Lipinski definition) is 26. The maximum Gasteiger partial charge on any atom is 0.340 e. The Hall–Kier alpha value is -5.92.